The summed E-state index contributed by atoms with van der Waals surface area (Å²) in [5, 5.41) is 0.307. The second kappa shape index (κ2) is 8.21. The Bertz CT molecular complexity index is 612. The number of aryl methyl sites for hydroxylation is 1. The minimum absolute atomic E-state index is 0.0326. The molecule has 0 aromatic heterocycles. The number of hydrogen-bond acceptors (Lipinski definition) is 3. The Labute approximate surface area is 142 Å². The first-order chi connectivity index (χ1) is 11.3. The molecular weight excluding hydrogens is 304 g/mol. The van der Waals surface area contributed by atoms with Crippen LogP contribution in [0.4, 0.5) is 0 Å². The molecule has 2 aromatic carbocycles. The summed E-state index contributed by atoms with van der Waals surface area (Å²) in [7, 11) is 0. The number of esters is 1. The number of carbonyl (C=O) groups excluding carboxylic acids is 1. The van der Waals surface area contributed by atoms with E-state index < -0.39 is 0 Å². The van der Waals surface area contributed by atoms with Crippen LogP contribution in [0.5, 0.6) is 0 Å². The molecule has 3 heteroatoms. The highest BCUT2D eigenvalue weighted by molar-refractivity contribution is 8.00. The minimum Gasteiger partial charge on any atom is -0.461 e. The number of carbonyl (C=O) groups is 1. The Hall–Kier alpha value is -1.74. The van der Waals surface area contributed by atoms with Crippen molar-refractivity contribution in [1.82, 2.24) is 0 Å². The van der Waals surface area contributed by atoms with E-state index in [1.54, 1.807) is 0 Å². The summed E-state index contributed by atoms with van der Waals surface area (Å²) >= 11 is 1.84. The van der Waals surface area contributed by atoms with Crippen LogP contribution in [-0.2, 0) is 16.0 Å². The zero-order valence-electron chi connectivity index (χ0n) is 13.2. The molecule has 3 rings (SSSR count). The second-order valence-corrected chi connectivity index (χ2v) is 7.23. The molecule has 0 amide bonds. The number of hydrogen-bond donors (Lipinski definition) is 0. The molecule has 0 saturated carbocycles. The van der Waals surface area contributed by atoms with Crippen LogP contribution in [0.25, 0.3) is 0 Å². The lowest BCUT2D eigenvalue weighted by Crippen LogP contribution is -2.33. The molecule has 0 spiro atoms. The zero-order valence-corrected chi connectivity index (χ0v) is 14.0. The van der Waals surface area contributed by atoms with Gasteiger partial charge < -0.3 is 4.74 Å². The average Bonchev–Trinajstić information content (AvgIpc) is 2.60. The second-order valence-electron chi connectivity index (χ2n) is 5.91. The predicted molar refractivity (Wildman–Crippen MR) is 94.6 cm³/mol. The lowest BCUT2D eigenvalue weighted by Gasteiger charge is -2.29. The molecule has 2 nitrogen and oxygen atoms in total. The lowest BCUT2D eigenvalue weighted by molar-refractivity contribution is -0.153. The van der Waals surface area contributed by atoms with E-state index in [9.17, 15) is 4.79 Å². The standard InChI is InChI=1S/C20H22O2S/c21-20-13-7-12-18(22-20)19(23-17-10-5-2-6-11-17)15-14-16-8-3-1-4-9-16/h1-6,8-11,18-19H,7,12-15H2/t18-,19-/m1/s1. The van der Waals surface area contributed by atoms with Crippen LogP contribution in [0.1, 0.15) is 31.2 Å². The summed E-state index contributed by atoms with van der Waals surface area (Å²) in [6, 6.07) is 20.9. The van der Waals surface area contributed by atoms with Gasteiger partial charge in [0.15, 0.2) is 0 Å². The summed E-state index contributed by atoms with van der Waals surface area (Å²) < 4.78 is 5.65. The van der Waals surface area contributed by atoms with Crippen molar-refractivity contribution < 1.29 is 9.53 Å². The highest BCUT2D eigenvalue weighted by atomic mass is 32.2. The van der Waals surface area contributed by atoms with Crippen LogP contribution in [0.3, 0.4) is 0 Å². The van der Waals surface area contributed by atoms with Crippen molar-refractivity contribution in [3.63, 3.8) is 0 Å². The van der Waals surface area contributed by atoms with Crippen LogP contribution in [0.15, 0.2) is 65.6 Å². The van der Waals surface area contributed by atoms with E-state index in [-0.39, 0.29) is 12.1 Å². The van der Waals surface area contributed by atoms with Crippen molar-refractivity contribution in [1.29, 1.82) is 0 Å². The molecule has 1 saturated heterocycles. The molecule has 0 unspecified atom stereocenters. The first-order valence-corrected chi connectivity index (χ1v) is 9.14. The summed E-state index contributed by atoms with van der Waals surface area (Å²) in [5.41, 5.74) is 1.34. The normalized spacial score (nSPS) is 19.1. The van der Waals surface area contributed by atoms with Crippen LogP contribution in [0, 0.1) is 0 Å². The quantitative estimate of drug-likeness (QED) is 0.559. The van der Waals surface area contributed by atoms with E-state index in [2.05, 4.69) is 48.5 Å². The SMILES string of the molecule is O=C1CCC[C@H]([C@@H](CCc2ccccc2)Sc2ccccc2)O1. The maximum Gasteiger partial charge on any atom is 0.306 e. The van der Waals surface area contributed by atoms with Crippen molar-refractivity contribution >= 4 is 17.7 Å². The fourth-order valence-electron chi connectivity index (χ4n) is 2.94. The van der Waals surface area contributed by atoms with E-state index in [0.717, 1.165) is 25.7 Å². The molecule has 0 bridgehead atoms. The minimum atomic E-state index is -0.0420. The van der Waals surface area contributed by atoms with E-state index in [1.807, 2.05) is 23.9 Å². The lowest BCUT2D eigenvalue weighted by atomic mass is 10.0. The third-order valence-corrected chi connectivity index (χ3v) is 5.54. The first-order valence-electron chi connectivity index (χ1n) is 8.26. The molecule has 23 heavy (non-hydrogen) atoms. The molecule has 1 aliphatic rings. The van der Waals surface area contributed by atoms with Gasteiger partial charge in [-0.3, -0.25) is 4.79 Å². The molecule has 2 aromatic rings. The number of benzene rings is 2. The van der Waals surface area contributed by atoms with E-state index in [0.29, 0.717) is 11.7 Å². The molecule has 1 heterocycles. The van der Waals surface area contributed by atoms with Crippen LogP contribution in [0.2, 0.25) is 0 Å². The average molecular weight is 326 g/mol. The van der Waals surface area contributed by atoms with Gasteiger partial charge in [0.05, 0.1) is 0 Å². The molecule has 1 fully saturated rings. The molecule has 0 radical (unpaired) electrons. The third-order valence-electron chi connectivity index (χ3n) is 4.16. The van der Waals surface area contributed by atoms with Gasteiger partial charge in [-0.05, 0) is 43.4 Å². The molecule has 0 N–H and O–H groups in total. The van der Waals surface area contributed by atoms with Gasteiger partial charge in [0, 0.05) is 16.6 Å². The van der Waals surface area contributed by atoms with Gasteiger partial charge >= 0.3 is 5.97 Å². The monoisotopic (exact) mass is 326 g/mol. The molecule has 1 aliphatic heterocycles. The smallest absolute Gasteiger partial charge is 0.306 e. The largest absolute Gasteiger partial charge is 0.461 e. The highest BCUT2D eigenvalue weighted by Crippen LogP contribution is 2.33. The number of ether oxygens (including phenoxy) is 1. The Morgan fingerprint density at radius 3 is 2.43 bits per heavy atom. The summed E-state index contributed by atoms with van der Waals surface area (Å²) in [5.74, 6) is -0.0420. The topological polar surface area (TPSA) is 26.3 Å². The molecule has 2 atom stereocenters. The van der Waals surface area contributed by atoms with Crippen molar-refractivity contribution in [3.8, 4) is 0 Å². The maximum absolute atomic E-state index is 11.7. The Kier molecular flexibility index (Phi) is 5.76. The maximum atomic E-state index is 11.7. The van der Waals surface area contributed by atoms with Crippen molar-refractivity contribution in [2.45, 2.75) is 48.4 Å². The summed E-state index contributed by atoms with van der Waals surface area (Å²) in [6.45, 7) is 0. The van der Waals surface area contributed by atoms with Gasteiger partial charge in [-0.15, -0.1) is 11.8 Å². The van der Waals surface area contributed by atoms with Gasteiger partial charge in [-0.1, -0.05) is 48.5 Å². The summed E-state index contributed by atoms with van der Waals surface area (Å²) in [6.07, 6.45) is 4.55. The van der Waals surface area contributed by atoms with E-state index in [4.69, 9.17) is 4.74 Å². The van der Waals surface area contributed by atoms with Crippen molar-refractivity contribution in [2.24, 2.45) is 0 Å². The molecule has 0 aliphatic carbocycles. The first kappa shape index (κ1) is 16.1. The zero-order chi connectivity index (χ0) is 15.9. The molecular formula is C20H22O2S. The Morgan fingerprint density at radius 1 is 1.04 bits per heavy atom. The predicted octanol–water partition coefficient (Wildman–Crippen LogP) is 4.88. The third kappa shape index (κ3) is 4.87. The fourth-order valence-corrected chi connectivity index (χ4v) is 4.19. The fraction of sp³-hybridized carbons (Fsp3) is 0.350. The van der Waals surface area contributed by atoms with Gasteiger partial charge in [-0.25, -0.2) is 0 Å². The Balaban J connectivity index is 1.68. The van der Waals surface area contributed by atoms with E-state index >= 15 is 0 Å². The van der Waals surface area contributed by atoms with Crippen LogP contribution >= 0.6 is 11.8 Å². The van der Waals surface area contributed by atoms with Crippen LogP contribution in [-0.4, -0.2) is 17.3 Å². The summed E-state index contributed by atoms with van der Waals surface area (Å²) in [4.78, 5) is 12.9. The van der Waals surface area contributed by atoms with E-state index in [1.165, 1.54) is 10.5 Å². The van der Waals surface area contributed by atoms with Crippen LogP contribution < -0.4 is 0 Å². The number of thioether (sulfide) groups is 1. The number of cyclic esters (lactones) is 1. The van der Waals surface area contributed by atoms with Gasteiger partial charge in [0.1, 0.15) is 6.10 Å². The Morgan fingerprint density at radius 2 is 1.74 bits per heavy atom. The van der Waals surface area contributed by atoms with Gasteiger partial charge in [0.25, 0.3) is 0 Å². The van der Waals surface area contributed by atoms with Crippen molar-refractivity contribution in [3.05, 3.63) is 66.2 Å². The van der Waals surface area contributed by atoms with Gasteiger partial charge in [0.2, 0.25) is 0 Å². The van der Waals surface area contributed by atoms with Gasteiger partial charge in [-0.2, -0.15) is 0 Å². The van der Waals surface area contributed by atoms with Crippen molar-refractivity contribution in [2.75, 3.05) is 0 Å². The number of rotatable bonds is 6. The highest BCUT2D eigenvalue weighted by Gasteiger charge is 2.29. The molecule has 120 valence electrons.